The Bertz CT molecular complexity index is 325. The number of rotatable bonds is 3. The van der Waals surface area contributed by atoms with Crippen LogP contribution in [-0.2, 0) is 12.8 Å². The fourth-order valence-electron chi connectivity index (χ4n) is 1.85. The van der Waals surface area contributed by atoms with E-state index < -0.39 is 0 Å². The zero-order valence-corrected chi connectivity index (χ0v) is 8.16. The molecule has 1 aromatic carbocycles. The predicted octanol–water partition coefficient (Wildman–Crippen LogP) is 0.517. The minimum Gasteiger partial charge on any atom is -0.395 e. The molecule has 0 bridgehead atoms. The second kappa shape index (κ2) is 3.98. The summed E-state index contributed by atoms with van der Waals surface area (Å²) < 4.78 is 0. The van der Waals surface area contributed by atoms with E-state index in [1.165, 1.54) is 16.8 Å². The van der Waals surface area contributed by atoms with Crippen molar-refractivity contribution in [2.24, 2.45) is 5.73 Å². The predicted molar refractivity (Wildman–Crippen MR) is 57.4 cm³/mol. The minimum atomic E-state index is -0.137. The van der Waals surface area contributed by atoms with Crippen molar-refractivity contribution in [3.05, 3.63) is 29.3 Å². The Balaban J connectivity index is 2.12. The molecule has 0 aliphatic carbocycles. The van der Waals surface area contributed by atoms with E-state index in [9.17, 15) is 0 Å². The highest BCUT2D eigenvalue weighted by atomic mass is 16.3. The Morgan fingerprint density at radius 3 is 3.14 bits per heavy atom. The molecule has 1 atom stereocenters. The lowest BCUT2D eigenvalue weighted by molar-refractivity contribution is 0.265. The van der Waals surface area contributed by atoms with Crippen molar-refractivity contribution in [1.82, 2.24) is 0 Å². The van der Waals surface area contributed by atoms with E-state index in [0.29, 0.717) is 0 Å². The summed E-state index contributed by atoms with van der Waals surface area (Å²) in [6.45, 7) is 1.08. The second-order valence-electron chi connectivity index (χ2n) is 3.82. The summed E-state index contributed by atoms with van der Waals surface area (Å²) in [6, 6.07) is 6.22. The first-order valence-electron chi connectivity index (χ1n) is 5.01. The number of benzene rings is 1. The van der Waals surface area contributed by atoms with Crippen LogP contribution in [0.3, 0.4) is 0 Å². The number of aliphatic hydroxyl groups excluding tert-OH is 1. The third-order valence-corrected chi connectivity index (χ3v) is 2.61. The molecule has 1 unspecified atom stereocenters. The maximum absolute atomic E-state index is 8.85. The molecule has 0 spiro atoms. The molecule has 0 radical (unpaired) electrons. The number of aliphatic hydroxyl groups is 1. The molecule has 0 aromatic heterocycles. The third-order valence-electron chi connectivity index (χ3n) is 2.61. The van der Waals surface area contributed by atoms with Crippen LogP contribution >= 0.6 is 0 Å². The van der Waals surface area contributed by atoms with E-state index in [-0.39, 0.29) is 12.6 Å². The highest BCUT2D eigenvalue weighted by Gasteiger charge is 2.10. The summed E-state index contributed by atoms with van der Waals surface area (Å²) >= 11 is 0. The normalized spacial score (nSPS) is 16.1. The van der Waals surface area contributed by atoms with Gasteiger partial charge in [0.15, 0.2) is 0 Å². The second-order valence-corrected chi connectivity index (χ2v) is 3.82. The molecule has 4 N–H and O–H groups in total. The lowest BCUT2D eigenvalue weighted by atomic mass is 10.0. The third kappa shape index (κ3) is 1.89. The van der Waals surface area contributed by atoms with Gasteiger partial charge >= 0.3 is 0 Å². The topological polar surface area (TPSA) is 58.3 Å². The van der Waals surface area contributed by atoms with Gasteiger partial charge in [-0.15, -0.1) is 0 Å². The summed E-state index contributed by atoms with van der Waals surface area (Å²) in [5.41, 5.74) is 9.51. The van der Waals surface area contributed by atoms with Crippen LogP contribution < -0.4 is 11.1 Å². The Morgan fingerprint density at radius 2 is 2.36 bits per heavy atom. The molecule has 0 saturated carbocycles. The van der Waals surface area contributed by atoms with Gasteiger partial charge in [0.1, 0.15) is 0 Å². The lowest BCUT2D eigenvalue weighted by Gasteiger charge is -2.09. The molecule has 3 heteroatoms. The van der Waals surface area contributed by atoms with Crippen molar-refractivity contribution < 1.29 is 5.11 Å². The lowest BCUT2D eigenvalue weighted by Crippen LogP contribution is -2.26. The van der Waals surface area contributed by atoms with Gasteiger partial charge in [-0.05, 0) is 30.0 Å². The summed E-state index contributed by atoms with van der Waals surface area (Å²) in [6.07, 6.45) is 1.85. The Morgan fingerprint density at radius 1 is 1.50 bits per heavy atom. The van der Waals surface area contributed by atoms with Crippen molar-refractivity contribution in [3.63, 3.8) is 0 Å². The van der Waals surface area contributed by atoms with E-state index in [1.807, 2.05) is 0 Å². The van der Waals surface area contributed by atoms with Crippen LogP contribution in [0.2, 0.25) is 0 Å². The standard InChI is InChI=1S/C11H16N2O/c12-10(7-14)6-8-1-2-11-9(5-8)3-4-13-11/h1-2,5,10,13-14H,3-4,6-7,12H2. The van der Waals surface area contributed by atoms with Gasteiger partial charge in [-0.2, -0.15) is 0 Å². The van der Waals surface area contributed by atoms with Crippen LogP contribution in [0.4, 0.5) is 5.69 Å². The molecule has 1 aliphatic heterocycles. The molecule has 1 aliphatic rings. The van der Waals surface area contributed by atoms with Crippen molar-refractivity contribution in [2.45, 2.75) is 18.9 Å². The summed E-state index contributed by atoms with van der Waals surface area (Å²) in [4.78, 5) is 0. The maximum atomic E-state index is 8.85. The summed E-state index contributed by atoms with van der Waals surface area (Å²) in [7, 11) is 0. The smallest absolute Gasteiger partial charge is 0.0585 e. The maximum Gasteiger partial charge on any atom is 0.0585 e. The average Bonchev–Trinajstić information content (AvgIpc) is 2.64. The van der Waals surface area contributed by atoms with Crippen LogP contribution in [-0.4, -0.2) is 24.3 Å². The first kappa shape index (κ1) is 9.49. The summed E-state index contributed by atoms with van der Waals surface area (Å²) in [5, 5.41) is 12.2. The van der Waals surface area contributed by atoms with Crippen molar-refractivity contribution in [1.29, 1.82) is 0 Å². The molecule has 3 nitrogen and oxygen atoms in total. The Hall–Kier alpha value is -1.06. The quantitative estimate of drug-likeness (QED) is 0.654. The SMILES string of the molecule is NC(CO)Cc1ccc2c(c1)CCN2. The highest BCUT2D eigenvalue weighted by Crippen LogP contribution is 2.23. The summed E-state index contributed by atoms with van der Waals surface area (Å²) in [5.74, 6) is 0. The van der Waals surface area contributed by atoms with Gasteiger partial charge in [-0.3, -0.25) is 0 Å². The van der Waals surface area contributed by atoms with Crippen molar-refractivity contribution in [3.8, 4) is 0 Å². The van der Waals surface area contributed by atoms with Crippen molar-refractivity contribution >= 4 is 5.69 Å². The first-order chi connectivity index (χ1) is 6.79. The van der Waals surface area contributed by atoms with Crippen LogP contribution in [0.1, 0.15) is 11.1 Å². The molecule has 1 aromatic rings. The largest absolute Gasteiger partial charge is 0.395 e. The van der Waals surface area contributed by atoms with E-state index >= 15 is 0 Å². The molecule has 76 valence electrons. The van der Waals surface area contributed by atoms with Gasteiger partial charge in [0.2, 0.25) is 0 Å². The van der Waals surface area contributed by atoms with Gasteiger partial charge in [-0.25, -0.2) is 0 Å². The molecule has 0 fully saturated rings. The van der Waals surface area contributed by atoms with Gasteiger partial charge in [0.25, 0.3) is 0 Å². The fourth-order valence-corrected chi connectivity index (χ4v) is 1.85. The minimum absolute atomic E-state index is 0.0509. The van der Waals surface area contributed by atoms with E-state index in [0.717, 1.165) is 19.4 Å². The molecule has 0 saturated heterocycles. The van der Waals surface area contributed by atoms with Crippen LogP contribution in [0, 0.1) is 0 Å². The Labute approximate surface area is 83.9 Å². The average molecular weight is 192 g/mol. The van der Waals surface area contributed by atoms with Crippen LogP contribution in [0.25, 0.3) is 0 Å². The van der Waals surface area contributed by atoms with Gasteiger partial charge in [0.05, 0.1) is 6.61 Å². The number of anilines is 1. The molecule has 0 amide bonds. The number of hydrogen-bond donors (Lipinski definition) is 3. The first-order valence-corrected chi connectivity index (χ1v) is 5.01. The molecule has 14 heavy (non-hydrogen) atoms. The van der Waals surface area contributed by atoms with E-state index in [2.05, 4.69) is 23.5 Å². The van der Waals surface area contributed by atoms with Gasteiger partial charge < -0.3 is 16.2 Å². The zero-order chi connectivity index (χ0) is 9.97. The van der Waals surface area contributed by atoms with Crippen LogP contribution in [0.5, 0.6) is 0 Å². The molecule has 2 rings (SSSR count). The fraction of sp³-hybridized carbons (Fsp3) is 0.455. The number of nitrogens with one attached hydrogen (secondary N) is 1. The molecular weight excluding hydrogens is 176 g/mol. The van der Waals surface area contributed by atoms with E-state index in [4.69, 9.17) is 10.8 Å². The number of fused-ring (bicyclic) bond motifs is 1. The zero-order valence-electron chi connectivity index (χ0n) is 8.16. The monoisotopic (exact) mass is 192 g/mol. The Kier molecular flexibility index (Phi) is 2.70. The molecule has 1 heterocycles. The number of hydrogen-bond acceptors (Lipinski definition) is 3. The highest BCUT2D eigenvalue weighted by molar-refractivity contribution is 5.56. The molecular formula is C11H16N2O. The van der Waals surface area contributed by atoms with Crippen molar-refractivity contribution in [2.75, 3.05) is 18.5 Å². The van der Waals surface area contributed by atoms with Gasteiger partial charge in [0, 0.05) is 18.3 Å². The van der Waals surface area contributed by atoms with E-state index in [1.54, 1.807) is 0 Å². The number of nitrogens with two attached hydrogens (primary N) is 1. The van der Waals surface area contributed by atoms with Gasteiger partial charge in [-0.1, -0.05) is 12.1 Å². The van der Waals surface area contributed by atoms with Crippen LogP contribution in [0.15, 0.2) is 18.2 Å².